The summed E-state index contributed by atoms with van der Waals surface area (Å²) in [4.78, 5) is 19.1. The number of nitrogens with two attached hydrogens (primary N) is 1. The van der Waals surface area contributed by atoms with E-state index in [9.17, 15) is 4.79 Å². The molecule has 0 aromatic carbocycles. The van der Waals surface area contributed by atoms with Crippen molar-refractivity contribution in [3.8, 4) is 0 Å². The number of pyridine rings is 1. The Morgan fingerprint density at radius 3 is 3.00 bits per heavy atom. The molecule has 6 nitrogen and oxygen atoms in total. The van der Waals surface area contributed by atoms with Crippen LogP contribution >= 0.6 is 0 Å². The van der Waals surface area contributed by atoms with E-state index in [1.165, 1.54) is 0 Å². The van der Waals surface area contributed by atoms with Gasteiger partial charge in [0.25, 0.3) is 5.91 Å². The molecular weight excluding hydrogens is 218 g/mol. The molecule has 90 valence electrons. The molecule has 1 atom stereocenters. The smallest absolute Gasteiger partial charge is 0.267 e. The van der Waals surface area contributed by atoms with E-state index in [1.54, 1.807) is 12.3 Å². The number of aliphatic imine (C=N–C) groups is 1. The first kappa shape index (κ1) is 11.4. The van der Waals surface area contributed by atoms with Crippen molar-refractivity contribution in [1.82, 2.24) is 15.6 Å². The zero-order valence-electron chi connectivity index (χ0n) is 9.60. The zero-order chi connectivity index (χ0) is 12.3. The molecule has 0 bridgehead atoms. The highest BCUT2D eigenvalue weighted by Gasteiger charge is 2.11. The van der Waals surface area contributed by atoms with E-state index in [0.717, 1.165) is 18.1 Å². The van der Waals surface area contributed by atoms with Gasteiger partial charge in [0.15, 0.2) is 5.96 Å². The topological polar surface area (TPSA) is 92.4 Å². The lowest BCUT2D eigenvalue weighted by Crippen LogP contribution is -2.37. The van der Waals surface area contributed by atoms with Crippen LogP contribution in [0.4, 0.5) is 0 Å². The molecule has 1 amide bonds. The van der Waals surface area contributed by atoms with Crippen LogP contribution in [0.2, 0.25) is 0 Å². The van der Waals surface area contributed by atoms with Gasteiger partial charge >= 0.3 is 0 Å². The van der Waals surface area contributed by atoms with Crippen molar-refractivity contribution in [1.29, 1.82) is 0 Å². The van der Waals surface area contributed by atoms with Gasteiger partial charge in [-0.25, -0.2) is 0 Å². The average molecular weight is 233 g/mol. The molecule has 0 radical (unpaired) electrons. The highest BCUT2D eigenvalue weighted by atomic mass is 16.1. The summed E-state index contributed by atoms with van der Waals surface area (Å²) in [6.07, 6.45) is 1.63. The van der Waals surface area contributed by atoms with Crippen LogP contribution in [0.25, 0.3) is 0 Å². The third kappa shape index (κ3) is 2.93. The lowest BCUT2D eigenvalue weighted by atomic mass is 10.2. The highest BCUT2D eigenvalue weighted by Crippen LogP contribution is 2.00. The number of hydrogen-bond acceptors (Lipinski definition) is 5. The third-order valence-corrected chi connectivity index (χ3v) is 2.44. The van der Waals surface area contributed by atoms with Crippen LogP contribution in [-0.2, 0) is 6.54 Å². The van der Waals surface area contributed by atoms with Gasteiger partial charge < -0.3 is 16.4 Å². The predicted octanol–water partition coefficient (Wildman–Crippen LogP) is -0.382. The minimum absolute atomic E-state index is 0.277. The molecule has 2 rings (SSSR count). The standard InChI is InChI=1S/C11H15N5O/c1-7-4-14-11(16-7)15-6-8-2-3-9(10(12)17)13-5-8/h2-3,5,7H,4,6H2,1H3,(H2,12,17)(H2,14,15,16). The fourth-order valence-electron chi connectivity index (χ4n) is 1.52. The number of nitrogens with one attached hydrogen (secondary N) is 2. The van der Waals surface area contributed by atoms with Gasteiger partial charge in [-0.1, -0.05) is 6.07 Å². The first-order valence-corrected chi connectivity index (χ1v) is 5.45. The van der Waals surface area contributed by atoms with Crippen molar-refractivity contribution in [3.05, 3.63) is 29.6 Å². The van der Waals surface area contributed by atoms with E-state index in [1.807, 2.05) is 6.07 Å². The van der Waals surface area contributed by atoms with E-state index in [2.05, 4.69) is 27.5 Å². The summed E-state index contributed by atoms with van der Waals surface area (Å²) in [5, 5.41) is 6.36. The number of guanidine groups is 1. The van der Waals surface area contributed by atoms with E-state index in [4.69, 9.17) is 5.73 Å². The molecule has 1 aliphatic rings. The maximum Gasteiger partial charge on any atom is 0.267 e. The Morgan fingerprint density at radius 2 is 2.47 bits per heavy atom. The molecule has 1 aromatic heterocycles. The predicted molar refractivity (Wildman–Crippen MR) is 64.5 cm³/mol. The summed E-state index contributed by atoms with van der Waals surface area (Å²) in [6, 6.07) is 3.82. The summed E-state index contributed by atoms with van der Waals surface area (Å²) >= 11 is 0. The first-order valence-electron chi connectivity index (χ1n) is 5.45. The number of carbonyl (C=O) groups excluding carboxylic acids is 1. The van der Waals surface area contributed by atoms with Crippen molar-refractivity contribution >= 4 is 11.9 Å². The molecule has 1 aliphatic heterocycles. The molecule has 0 saturated carbocycles. The average Bonchev–Trinajstić information content (AvgIpc) is 2.73. The van der Waals surface area contributed by atoms with Gasteiger partial charge in [0.05, 0.1) is 6.54 Å². The van der Waals surface area contributed by atoms with Crippen molar-refractivity contribution in [2.45, 2.75) is 19.5 Å². The number of aromatic nitrogens is 1. The molecule has 0 aliphatic carbocycles. The monoisotopic (exact) mass is 233 g/mol. The van der Waals surface area contributed by atoms with Crippen LogP contribution in [-0.4, -0.2) is 29.4 Å². The fraction of sp³-hybridized carbons (Fsp3) is 0.364. The molecule has 1 aromatic rings. The van der Waals surface area contributed by atoms with Gasteiger partial charge in [-0.15, -0.1) is 0 Å². The Balaban J connectivity index is 1.89. The number of nitrogens with zero attached hydrogens (tertiary/aromatic N) is 2. The van der Waals surface area contributed by atoms with Gasteiger partial charge in [-0.05, 0) is 18.6 Å². The lowest BCUT2D eigenvalue weighted by molar-refractivity contribution is 0.0995. The minimum atomic E-state index is -0.514. The second-order valence-corrected chi connectivity index (χ2v) is 4.00. The Kier molecular flexibility index (Phi) is 3.22. The summed E-state index contributed by atoms with van der Waals surface area (Å²) in [6.45, 7) is 3.48. The first-order chi connectivity index (χ1) is 8.15. The summed E-state index contributed by atoms with van der Waals surface area (Å²) in [5.41, 5.74) is 6.35. The summed E-state index contributed by atoms with van der Waals surface area (Å²) < 4.78 is 0. The molecule has 2 heterocycles. The van der Waals surface area contributed by atoms with E-state index >= 15 is 0 Å². The maximum atomic E-state index is 10.8. The van der Waals surface area contributed by atoms with Crippen molar-refractivity contribution < 1.29 is 4.79 Å². The summed E-state index contributed by atoms with van der Waals surface area (Å²) in [5.74, 6) is 0.289. The van der Waals surface area contributed by atoms with E-state index in [0.29, 0.717) is 12.6 Å². The fourth-order valence-corrected chi connectivity index (χ4v) is 1.52. The Morgan fingerprint density at radius 1 is 1.65 bits per heavy atom. The Bertz CT molecular complexity index is 440. The minimum Gasteiger partial charge on any atom is -0.364 e. The maximum absolute atomic E-state index is 10.8. The van der Waals surface area contributed by atoms with Crippen LogP contribution in [0, 0.1) is 0 Å². The zero-order valence-corrected chi connectivity index (χ0v) is 9.60. The molecule has 0 fully saturated rings. The highest BCUT2D eigenvalue weighted by molar-refractivity contribution is 5.90. The molecule has 4 N–H and O–H groups in total. The Hall–Kier alpha value is -2.11. The quantitative estimate of drug-likeness (QED) is 0.663. The van der Waals surface area contributed by atoms with Gasteiger partial charge in [-0.2, -0.15) is 0 Å². The van der Waals surface area contributed by atoms with E-state index < -0.39 is 5.91 Å². The molecule has 0 saturated heterocycles. The van der Waals surface area contributed by atoms with Crippen LogP contribution in [0.15, 0.2) is 23.3 Å². The van der Waals surface area contributed by atoms with Gasteiger partial charge in [0.1, 0.15) is 5.69 Å². The molecule has 17 heavy (non-hydrogen) atoms. The second-order valence-electron chi connectivity index (χ2n) is 4.00. The van der Waals surface area contributed by atoms with Crippen LogP contribution < -0.4 is 16.4 Å². The SMILES string of the molecule is CC1CN=C(NCc2ccc(C(N)=O)nc2)N1. The number of carbonyl (C=O) groups is 1. The molecular formula is C11H15N5O. The molecule has 0 spiro atoms. The van der Waals surface area contributed by atoms with Gasteiger partial charge in [0.2, 0.25) is 0 Å². The lowest BCUT2D eigenvalue weighted by Gasteiger charge is -2.08. The van der Waals surface area contributed by atoms with Crippen LogP contribution in [0.3, 0.4) is 0 Å². The Labute approximate surface area is 99.3 Å². The van der Waals surface area contributed by atoms with Crippen LogP contribution in [0.1, 0.15) is 23.0 Å². The summed E-state index contributed by atoms with van der Waals surface area (Å²) in [7, 11) is 0. The number of amides is 1. The van der Waals surface area contributed by atoms with Crippen molar-refractivity contribution in [3.63, 3.8) is 0 Å². The molecule has 1 unspecified atom stereocenters. The third-order valence-electron chi connectivity index (χ3n) is 2.44. The van der Waals surface area contributed by atoms with Crippen molar-refractivity contribution in [2.24, 2.45) is 10.7 Å². The number of rotatable bonds is 3. The van der Waals surface area contributed by atoms with Crippen molar-refractivity contribution in [2.75, 3.05) is 6.54 Å². The van der Waals surface area contributed by atoms with Crippen LogP contribution in [0.5, 0.6) is 0 Å². The largest absolute Gasteiger partial charge is 0.364 e. The molecule has 6 heteroatoms. The van der Waals surface area contributed by atoms with Gasteiger partial charge in [-0.3, -0.25) is 14.8 Å². The second kappa shape index (κ2) is 4.82. The number of hydrogen-bond donors (Lipinski definition) is 3. The number of primary amides is 1. The van der Waals surface area contributed by atoms with E-state index in [-0.39, 0.29) is 5.69 Å². The van der Waals surface area contributed by atoms with Gasteiger partial charge in [0, 0.05) is 18.8 Å². The normalized spacial score (nSPS) is 18.4.